The van der Waals surface area contributed by atoms with Gasteiger partial charge >= 0.3 is 0 Å². The number of aliphatic hydroxyl groups is 2. The number of aromatic nitrogens is 3. The molecule has 0 radical (unpaired) electrons. The smallest absolute Gasteiger partial charge is 0.297 e. The maximum absolute atomic E-state index is 11.9. The van der Waals surface area contributed by atoms with E-state index in [1.807, 2.05) is 61.7 Å². The lowest BCUT2D eigenvalue weighted by atomic mass is 10.2. The molecule has 17 nitrogen and oxygen atoms in total. The van der Waals surface area contributed by atoms with Crippen molar-refractivity contribution in [2.24, 2.45) is 20.5 Å². The highest BCUT2D eigenvalue weighted by molar-refractivity contribution is 7.86. The van der Waals surface area contributed by atoms with E-state index < -0.39 is 10.1 Å². The zero-order valence-corrected chi connectivity index (χ0v) is 33.3. The van der Waals surface area contributed by atoms with Crippen molar-refractivity contribution in [3.05, 3.63) is 65.4 Å². The third-order valence-corrected chi connectivity index (χ3v) is 10.8. The van der Waals surface area contributed by atoms with Gasteiger partial charge in [-0.3, -0.25) is 4.55 Å². The van der Waals surface area contributed by atoms with Crippen LogP contribution in [0.3, 0.4) is 0 Å². The SMILES string of the molecule is CCN(CC)c1ccc(N=Nc2cccs2)c(Nc2nc(Nc3cc(N(CC)CC)ccc3N=Nc3sccc3S(=O)(=O)O)nc(N(CCO)CCO)n2)c1. The summed E-state index contributed by atoms with van der Waals surface area (Å²) in [5.41, 5.74) is 3.69. The maximum Gasteiger partial charge on any atom is 0.297 e. The summed E-state index contributed by atoms with van der Waals surface area (Å²) in [5.74, 6) is 0.402. The van der Waals surface area contributed by atoms with Gasteiger partial charge in [0.15, 0.2) is 5.00 Å². The van der Waals surface area contributed by atoms with Gasteiger partial charge in [0.25, 0.3) is 10.1 Å². The van der Waals surface area contributed by atoms with Gasteiger partial charge in [0.05, 0.1) is 24.6 Å². The summed E-state index contributed by atoms with van der Waals surface area (Å²) >= 11 is 2.48. The first-order chi connectivity index (χ1) is 26.6. The Hall–Kier alpha value is -5.12. The highest BCUT2D eigenvalue weighted by atomic mass is 32.2. The fourth-order valence-corrected chi connectivity index (χ4v) is 7.69. The second-order valence-electron chi connectivity index (χ2n) is 11.6. The van der Waals surface area contributed by atoms with Crippen molar-refractivity contribution < 1.29 is 23.2 Å². The molecule has 3 heterocycles. The van der Waals surface area contributed by atoms with Gasteiger partial charge in [0.2, 0.25) is 17.8 Å². The molecular weight excluding hydrogens is 765 g/mol. The lowest BCUT2D eigenvalue weighted by Gasteiger charge is -2.24. The van der Waals surface area contributed by atoms with Crippen molar-refractivity contribution in [3.63, 3.8) is 0 Å². The highest BCUT2D eigenvalue weighted by Crippen LogP contribution is 2.38. The number of hydrogen-bond acceptors (Lipinski definition) is 18. The topological polar surface area (TPSA) is 217 Å². The van der Waals surface area contributed by atoms with Crippen LogP contribution in [0.5, 0.6) is 0 Å². The molecule has 0 spiro atoms. The van der Waals surface area contributed by atoms with Gasteiger partial charge in [0.1, 0.15) is 21.3 Å². The molecule has 5 N–H and O–H groups in total. The summed E-state index contributed by atoms with van der Waals surface area (Å²) < 4.78 is 33.5. The quantitative estimate of drug-likeness (QED) is 0.0372. The average Bonchev–Trinajstić information content (AvgIpc) is 3.88. The van der Waals surface area contributed by atoms with Crippen LogP contribution in [0.25, 0.3) is 0 Å². The van der Waals surface area contributed by atoms with Crippen LogP contribution >= 0.6 is 22.7 Å². The van der Waals surface area contributed by atoms with Gasteiger partial charge in [0, 0.05) is 50.6 Å². The number of azo groups is 2. The van der Waals surface area contributed by atoms with Crippen molar-refractivity contribution in [1.82, 2.24) is 15.0 Å². The van der Waals surface area contributed by atoms with Crippen LogP contribution in [-0.2, 0) is 10.1 Å². The molecule has 0 fully saturated rings. The summed E-state index contributed by atoms with van der Waals surface area (Å²) in [7, 11) is -4.51. The number of aliphatic hydroxyl groups excluding tert-OH is 2. The molecule has 0 aliphatic carbocycles. The number of rotatable bonds is 20. The van der Waals surface area contributed by atoms with Crippen LogP contribution in [0.4, 0.5) is 62.0 Å². The molecule has 3 aromatic heterocycles. The van der Waals surface area contributed by atoms with Gasteiger partial charge in [-0.25, -0.2) is 0 Å². The molecule has 292 valence electrons. The van der Waals surface area contributed by atoms with E-state index in [2.05, 4.69) is 64.7 Å². The highest BCUT2D eigenvalue weighted by Gasteiger charge is 2.19. The van der Waals surface area contributed by atoms with Crippen molar-refractivity contribution in [2.75, 3.05) is 77.8 Å². The van der Waals surface area contributed by atoms with Crippen LogP contribution in [0.1, 0.15) is 27.7 Å². The van der Waals surface area contributed by atoms with Gasteiger partial charge < -0.3 is 35.5 Å². The predicted octanol–water partition coefficient (Wildman–Crippen LogP) is 8.04. The Bertz CT molecular complexity index is 2170. The predicted molar refractivity (Wildman–Crippen MR) is 220 cm³/mol. The molecule has 20 heteroatoms. The van der Waals surface area contributed by atoms with E-state index in [0.717, 1.165) is 53.9 Å². The molecule has 0 aliphatic heterocycles. The zero-order chi connectivity index (χ0) is 39.4. The molecule has 0 bridgehead atoms. The Morgan fingerprint density at radius 2 is 1.22 bits per heavy atom. The summed E-state index contributed by atoms with van der Waals surface area (Å²) in [6.45, 7) is 11.1. The second-order valence-corrected chi connectivity index (χ2v) is 14.8. The molecular formula is C35H44N12O5S3. The van der Waals surface area contributed by atoms with Crippen molar-refractivity contribution in [1.29, 1.82) is 0 Å². The molecule has 0 atom stereocenters. The van der Waals surface area contributed by atoms with E-state index >= 15 is 0 Å². The third kappa shape index (κ3) is 10.8. The first-order valence-corrected chi connectivity index (χ1v) is 20.8. The maximum atomic E-state index is 11.9. The summed E-state index contributed by atoms with van der Waals surface area (Å²) in [4.78, 5) is 19.7. The summed E-state index contributed by atoms with van der Waals surface area (Å²) in [6.07, 6.45) is 0. The van der Waals surface area contributed by atoms with Crippen molar-refractivity contribution >= 4 is 94.8 Å². The van der Waals surface area contributed by atoms with Crippen LogP contribution < -0.4 is 25.3 Å². The number of hydrogen-bond donors (Lipinski definition) is 5. The third-order valence-electron chi connectivity index (χ3n) is 8.26. The van der Waals surface area contributed by atoms with Crippen LogP contribution in [0.2, 0.25) is 0 Å². The van der Waals surface area contributed by atoms with Gasteiger partial charge in [-0.05, 0) is 93.1 Å². The lowest BCUT2D eigenvalue weighted by Crippen LogP contribution is -2.31. The van der Waals surface area contributed by atoms with Gasteiger partial charge in [-0.1, -0.05) is 0 Å². The average molecular weight is 809 g/mol. The number of benzene rings is 2. The molecule has 0 unspecified atom stereocenters. The van der Waals surface area contributed by atoms with Crippen molar-refractivity contribution in [3.8, 4) is 0 Å². The van der Waals surface area contributed by atoms with Crippen LogP contribution in [0.15, 0.2) is 90.7 Å². The monoisotopic (exact) mass is 808 g/mol. The fourth-order valence-electron chi connectivity index (χ4n) is 5.49. The van der Waals surface area contributed by atoms with E-state index in [9.17, 15) is 23.2 Å². The number of anilines is 7. The molecule has 55 heavy (non-hydrogen) atoms. The van der Waals surface area contributed by atoms with Crippen LogP contribution in [0, 0.1) is 0 Å². The van der Waals surface area contributed by atoms with Gasteiger partial charge in [-0.15, -0.1) is 43.1 Å². The minimum atomic E-state index is -4.51. The Kier molecular flexibility index (Phi) is 14.5. The Balaban J connectivity index is 1.62. The van der Waals surface area contributed by atoms with Crippen molar-refractivity contribution in [2.45, 2.75) is 32.6 Å². The molecule has 0 saturated carbocycles. The minimum Gasteiger partial charge on any atom is -0.395 e. The number of nitrogens with zero attached hydrogens (tertiary/aromatic N) is 10. The van der Waals surface area contributed by atoms with Crippen LogP contribution in [-0.4, -0.2) is 90.6 Å². The standard InChI is InChI=1S/C35H44N12O5S3/c1-5-45(6-2)24-11-13-26(41-43-31-10-9-20-53-31)28(22-24)36-33-38-34(40-35(39-33)47(16-18-48)17-19-49)37-29-23-25(46(7-3)8-4)12-14-27(29)42-44-32-30(15-21-54-32)55(50,51)52/h9-15,20-23,48-49H,5-8,16-19H2,1-4H3,(H,50,51,52)(H2,36,37,38,39,40). The molecule has 2 aromatic carbocycles. The number of nitrogens with one attached hydrogen (secondary N) is 2. The molecule has 5 rings (SSSR count). The second kappa shape index (κ2) is 19.5. The Morgan fingerprint density at radius 3 is 1.69 bits per heavy atom. The summed E-state index contributed by atoms with van der Waals surface area (Å²) in [5, 5.41) is 48.0. The molecule has 0 amide bonds. The van der Waals surface area contributed by atoms with E-state index in [1.54, 1.807) is 11.0 Å². The molecule has 0 aliphatic rings. The van der Waals surface area contributed by atoms with E-state index in [1.165, 1.54) is 22.8 Å². The Labute approximate surface area is 327 Å². The Morgan fingerprint density at radius 1 is 0.673 bits per heavy atom. The largest absolute Gasteiger partial charge is 0.395 e. The lowest BCUT2D eigenvalue weighted by molar-refractivity contribution is 0.280. The first kappa shape index (κ1) is 41.1. The summed E-state index contributed by atoms with van der Waals surface area (Å²) in [6, 6.07) is 16.3. The van der Waals surface area contributed by atoms with E-state index in [-0.39, 0.29) is 54.0 Å². The fraction of sp³-hybridized carbons (Fsp3) is 0.343. The van der Waals surface area contributed by atoms with Gasteiger partial charge in [-0.2, -0.15) is 23.4 Å². The zero-order valence-electron chi connectivity index (χ0n) is 30.9. The minimum absolute atomic E-state index is 0.0119. The van der Waals surface area contributed by atoms with E-state index in [0.29, 0.717) is 22.7 Å². The first-order valence-electron chi connectivity index (χ1n) is 17.6. The number of thiophene rings is 2. The van der Waals surface area contributed by atoms with E-state index in [4.69, 9.17) is 4.98 Å². The molecule has 0 saturated heterocycles. The normalized spacial score (nSPS) is 11.8. The molecule has 5 aromatic rings.